The Morgan fingerprint density at radius 3 is 2.53 bits per heavy atom. The first-order valence-corrected chi connectivity index (χ1v) is 12.7. The van der Waals surface area contributed by atoms with Gasteiger partial charge in [0.1, 0.15) is 18.5 Å². The van der Waals surface area contributed by atoms with Gasteiger partial charge in [-0.3, -0.25) is 0 Å². The molecule has 1 aliphatic carbocycles. The lowest BCUT2D eigenvalue weighted by molar-refractivity contribution is -0.659. The summed E-state index contributed by atoms with van der Waals surface area (Å²) in [6.07, 6.45) is 8.88. The van der Waals surface area contributed by atoms with Crippen LogP contribution in [0.3, 0.4) is 0 Å². The number of aryl methyl sites for hydroxylation is 3. The van der Waals surface area contributed by atoms with Crippen molar-refractivity contribution in [1.82, 2.24) is 0 Å². The van der Waals surface area contributed by atoms with Crippen molar-refractivity contribution in [2.24, 2.45) is 13.0 Å². The molecule has 1 aliphatic heterocycles. The van der Waals surface area contributed by atoms with Gasteiger partial charge in [0.05, 0.1) is 10.9 Å². The number of hydrogen-bond acceptors (Lipinski definition) is 1. The largest absolute Gasteiger partial charge is 0.455 e. The Morgan fingerprint density at radius 2 is 1.68 bits per heavy atom. The molecule has 0 atom stereocenters. The molecule has 4 aromatic carbocycles. The van der Waals surface area contributed by atoms with Gasteiger partial charge in [-0.15, -0.1) is 0 Å². The highest BCUT2D eigenvalue weighted by Gasteiger charge is 2.32. The maximum Gasteiger partial charge on any atom is 0.228 e. The Hall–Kier alpha value is -3.39. The molecule has 0 amide bonds. The zero-order valence-corrected chi connectivity index (χ0v) is 20.2. The predicted molar refractivity (Wildman–Crippen MR) is 141 cm³/mol. The summed E-state index contributed by atoms with van der Waals surface area (Å²) in [6, 6.07) is 20.2. The number of nitrogens with zero attached hydrogens (tertiary/aromatic N) is 1. The lowest BCUT2D eigenvalue weighted by atomic mass is 9.86. The van der Waals surface area contributed by atoms with Gasteiger partial charge < -0.3 is 4.74 Å². The molecule has 1 fully saturated rings. The fourth-order valence-electron chi connectivity index (χ4n) is 6.69. The quantitative estimate of drug-likeness (QED) is 0.194. The van der Waals surface area contributed by atoms with E-state index in [1.165, 1.54) is 85.9 Å². The molecule has 0 unspecified atom stereocenters. The zero-order chi connectivity index (χ0) is 23.0. The summed E-state index contributed by atoms with van der Waals surface area (Å²) in [5, 5.41) is 7.77. The van der Waals surface area contributed by atoms with Crippen LogP contribution in [0.2, 0.25) is 0 Å². The summed E-state index contributed by atoms with van der Waals surface area (Å²) in [5.74, 6) is 2.86. The van der Waals surface area contributed by atoms with Crippen molar-refractivity contribution in [3.8, 4) is 22.8 Å². The van der Waals surface area contributed by atoms with Crippen LogP contribution in [0.25, 0.3) is 43.6 Å². The third-order valence-corrected chi connectivity index (χ3v) is 8.36. The van der Waals surface area contributed by atoms with Crippen LogP contribution in [0.4, 0.5) is 0 Å². The maximum absolute atomic E-state index is 6.83. The van der Waals surface area contributed by atoms with Crippen LogP contribution in [0.1, 0.15) is 42.4 Å². The first-order valence-electron chi connectivity index (χ1n) is 12.7. The minimum absolute atomic E-state index is 0.820. The third kappa shape index (κ3) is 2.78. The fraction of sp³-hybridized carbons (Fsp3) is 0.281. The van der Waals surface area contributed by atoms with E-state index >= 15 is 0 Å². The Labute approximate surface area is 200 Å². The van der Waals surface area contributed by atoms with Crippen LogP contribution < -0.4 is 9.30 Å². The van der Waals surface area contributed by atoms with Crippen molar-refractivity contribution in [1.29, 1.82) is 0 Å². The minimum Gasteiger partial charge on any atom is -0.455 e. The van der Waals surface area contributed by atoms with E-state index < -0.39 is 0 Å². The molecule has 0 N–H and O–H groups in total. The second-order valence-corrected chi connectivity index (χ2v) is 10.5. The van der Waals surface area contributed by atoms with Crippen LogP contribution in [-0.2, 0) is 13.5 Å². The van der Waals surface area contributed by atoms with E-state index in [0.717, 1.165) is 23.8 Å². The van der Waals surface area contributed by atoms with Crippen LogP contribution in [0.15, 0.2) is 60.8 Å². The number of ether oxygens (including phenoxy) is 1. The van der Waals surface area contributed by atoms with E-state index in [4.69, 9.17) is 4.74 Å². The molecule has 34 heavy (non-hydrogen) atoms. The average Bonchev–Trinajstić information content (AvgIpc) is 3.36. The highest BCUT2D eigenvalue weighted by Crippen LogP contribution is 2.51. The molecule has 0 bridgehead atoms. The van der Waals surface area contributed by atoms with Gasteiger partial charge in [0.2, 0.25) is 5.69 Å². The van der Waals surface area contributed by atoms with Crippen molar-refractivity contribution in [3.05, 3.63) is 77.5 Å². The fourth-order valence-corrected chi connectivity index (χ4v) is 6.69. The second-order valence-electron chi connectivity index (χ2n) is 10.5. The van der Waals surface area contributed by atoms with E-state index in [-0.39, 0.29) is 0 Å². The summed E-state index contributed by atoms with van der Waals surface area (Å²) in [7, 11) is 2.17. The molecule has 0 spiro atoms. The molecule has 1 aromatic heterocycles. The highest BCUT2D eigenvalue weighted by molar-refractivity contribution is 6.15. The summed E-state index contributed by atoms with van der Waals surface area (Å²) in [4.78, 5) is 0. The van der Waals surface area contributed by atoms with Gasteiger partial charge in [-0.1, -0.05) is 68.1 Å². The number of fused-ring (bicyclic) bond motifs is 5. The van der Waals surface area contributed by atoms with Crippen molar-refractivity contribution in [3.63, 3.8) is 0 Å². The Balaban J connectivity index is 1.54. The van der Waals surface area contributed by atoms with Gasteiger partial charge in [-0.25, -0.2) is 4.57 Å². The lowest BCUT2D eigenvalue weighted by Gasteiger charge is -2.25. The summed E-state index contributed by atoms with van der Waals surface area (Å²) in [6.45, 7) is 4.50. The highest BCUT2D eigenvalue weighted by atomic mass is 16.5. The van der Waals surface area contributed by atoms with Crippen molar-refractivity contribution < 1.29 is 9.30 Å². The average molecular weight is 445 g/mol. The van der Waals surface area contributed by atoms with Gasteiger partial charge in [0, 0.05) is 11.6 Å². The van der Waals surface area contributed by atoms with Gasteiger partial charge in [-0.05, 0) is 70.3 Å². The number of aromatic nitrogens is 1. The Kier molecular flexibility index (Phi) is 4.30. The van der Waals surface area contributed by atoms with E-state index in [9.17, 15) is 0 Å². The van der Waals surface area contributed by atoms with Crippen molar-refractivity contribution >= 4 is 32.3 Å². The van der Waals surface area contributed by atoms with E-state index in [1.54, 1.807) is 0 Å². The summed E-state index contributed by atoms with van der Waals surface area (Å²) < 4.78 is 9.11. The van der Waals surface area contributed by atoms with Crippen molar-refractivity contribution in [2.75, 3.05) is 0 Å². The molecule has 2 heteroatoms. The first kappa shape index (κ1) is 20.0. The Morgan fingerprint density at radius 1 is 0.853 bits per heavy atom. The zero-order valence-electron chi connectivity index (χ0n) is 20.2. The summed E-state index contributed by atoms with van der Waals surface area (Å²) >= 11 is 0. The molecule has 2 nitrogen and oxygen atoms in total. The van der Waals surface area contributed by atoms with E-state index in [1.807, 2.05) is 0 Å². The number of benzene rings is 4. The number of hydrogen-bond donors (Lipinski definition) is 0. The van der Waals surface area contributed by atoms with Gasteiger partial charge >= 0.3 is 0 Å². The minimum atomic E-state index is 0.820. The maximum atomic E-state index is 6.83. The molecule has 1 saturated carbocycles. The van der Waals surface area contributed by atoms with Gasteiger partial charge in [0.15, 0.2) is 6.20 Å². The number of rotatable bonds is 2. The standard InChI is InChI=1S/C32H30NO/c1-19-25-13-12-23-10-6-7-11-26(23)28(25)20(2)29-31-30-24(14-15-33(31)3)17-22(16-21-8-4-5-9-21)18-27(30)34-32(19)29/h6-7,10-15,17-18,21H,4-5,8-9,16H2,1-3H3/q+1. The SMILES string of the molecule is Cc1c2c(c(C)c3c1ccc1ccccc13)-c1c3c(cc(CC4CCCC4)cc3cc[n+]1C)O2. The molecule has 7 rings (SSSR count). The van der Waals surface area contributed by atoms with E-state index in [2.05, 4.69) is 86.3 Å². The second kappa shape index (κ2) is 7.30. The van der Waals surface area contributed by atoms with E-state index in [0.29, 0.717) is 0 Å². The van der Waals surface area contributed by atoms with Crippen LogP contribution in [0.5, 0.6) is 11.5 Å². The van der Waals surface area contributed by atoms with Crippen molar-refractivity contribution in [2.45, 2.75) is 46.0 Å². The molecule has 2 heterocycles. The molecular weight excluding hydrogens is 414 g/mol. The third-order valence-electron chi connectivity index (χ3n) is 8.36. The van der Waals surface area contributed by atoms with Gasteiger partial charge in [0.25, 0.3) is 0 Å². The van der Waals surface area contributed by atoms with Crippen LogP contribution in [-0.4, -0.2) is 0 Å². The molecule has 0 radical (unpaired) electrons. The molecule has 5 aromatic rings. The van der Waals surface area contributed by atoms with Crippen LogP contribution >= 0.6 is 0 Å². The molecular formula is C32H30NO+. The number of pyridine rings is 1. The molecule has 0 saturated heterocycles. The molecule has 168 valence electrons. The van der Waals surface area contributed by atoms with Gasteiger partial charge in [-0.2, -0.15) is 0 Å². The monoisotopic (exact) mass is 444 g/mol. The van der Waals surface area contributed by atoms with Crippen LogP contribution in [0, 0.1) is 19.8 Å². The predicted octanol–water partition coefficient (Wildman–Crippen LogP) is 8.09. The normalized spacial score (nSPS) is 15.3. The lowest BCUT2D eigenvalue weighted by Crippen LogP contribution is -2.32. The smallest absolute Gasteiger partial charge is 0.228 e. The molecule has 2 aliphatic rings. The first-order chi connectivity index (χ1) is 16.6. The topological polar surface area (TPSA) is 13.1 Å². The Bertz CT molecular complexity index is 1640. The summed E-state index contributed by atoms with van der Waals surface area (Å²) in [5.41, 5.74) is 6.46.